The molecule has 90 valence electrons. The van der Waals surface area contributed by atoms with Crippen molar-refractivity contribution in [2.24, 2.45) is 0 Å². The van der Waals surface area contributed by atoms with Crippen molar-refractivity contribution < 1.29 is 4.39 Å². The molecule has 18 heavy (non-hydrogen) atoms. The van der Waals surface area contributed by atoms with Crippen molar-refractivity contribution in [3.8, 4) is 6.07 Å². The highest BCUT2D eigenvalue weighted by Crippen LogP contribution is 2.26. The van der Waals surface area contributed by atoms with Crippen molar-refractivity contribution in [2.45, 2.75) is 6.92 Å². The van der Waals surface area contributed by atoms with Gasteiger partial charge in [0.25, 0.3) is 0 Å². The molecule has 0 bridgehead atoms. The molecular weight excluding hydrogens is 299 g/mol. The van der Waals surface area contributed by atoms with Crippen molar-refractivity contribution in [1.82, 2.24) is 9.97 Å². The molecule has 0 radical (unpaired) electrons. The van der Waals surface area contributed by atoms with Crippen LogP contribution in [-0.2, 0) is 0 Å². The van der Waals surface area contributed by atoms with Crippen molar-refractivity contribution in [1.29, 1.82) is 5.26 Å². The number of nitrogens with one attached hydrogen (secondary N) is 1. The number of aromatic nitrogens is 2. The Kier molecular flexibility index (Phi) is 3.53. The van der Waals surface area contributed by atoms with Crippen LogP contribution in [0.25, 0.3) is 0 Å². The predicted octanol–water partition coefficient (Wildman–Crippen LogP) is 3.30. The number of hydrogen-bond donors (Lipinski definition) is 1. The minimum atomic E-state index is -0.316. The third-order valence-electron chi connectivity index (χ3n) is 2.30. The van der Waals surface area contributed by atoms with Crippen LogP contribution in [0.5, 0.6) is 0 Å². The molecule has 0 amide bonds. The summed E-state index contributed by atoms with van der Waals surface area (Å²) in [5, 5.41) is 11.6. The second kappa shape index (κ2) is 5.10. The first-order chi connectivity index (χ1) is 8.60. The summed E-state index contributed by atoms with van der Waals surface area (Å²) in [6.45, 7) is 1.79. The van der Waals surface area contributed by atoms with Gasteiger partial charge in [-0.2, -0.15) is 5.26 Å². The summed E-state index contributed by atoms with van der Waals surface area (Å²) in [5.41, 5.74) is 1.72. The summed E-state index contributed by atoms with van der Waals surface area (Å²) in [4.78, 5) is 7.92. The lowest BCUT2D eigenvalue weighted by molar-refractivity contribution is 0.620. The van der Waals surface area contributed by atoms with E-state index in [1.807, 2.05) is 6.07 Å². The molecule has 1 aromatic heterocycles. The molecule has 0 aliphatic heterocycles. The molecule has 0 unspecified atom stereocenters. The van der Waals surface area contributed by atoms with Crippen LogP contribution in [0, 0.1) is 24.1 Å². The maximum absolute atomic E-state index is 13.3. The molecule has 2 aromatic rings. The van der Waals surface area contributed by atoms with E-state index in [-0.39, 0.29) is 11.5 Å². The van der Waals surface area contributed by atoms with Gasteiger partial charge in [0.2, 0.25) is 0 Å². The molecule has 0 atom stereocenters. The fourth-order valence-corrected chi connectivity index (χ4v) is 1.71. The van der Waals surface area contributed by atoms with E-state index >= 15 is 0 Å². The van der Waals surface area contributed by atoms with E-state index in [2.05, 4.69) is 31.2 Å². The molecule has 4 nitrogen and oxygen atoms in total. The normalized spacial score (nSPS) is 9.89. The molecule has 0 saturated carbocycles. The number of benzene rings is 1. The van der Waals surface area contributed by atoms with Gasteiger partial charge in [0.15, 0.2) is 5.69 Å². The molecule has 1 aromatic carbocycles. The molecule has 6 heteroatoms. The van der Waals surface area contributed by atoms with E-state index in [4.69, 9.17) is 5.26 Å². The topological polar surface area (TPSA) is 61.6 Å². The second-order valence-electron chi connectivity index (χ2n) is 3.60. The van der Waals surface area contributed by atoms with Crippen LogP contribution < -0.4 is 5.32 Å². The average Bonchev–Trinajstić information content (AvgIpc) is 2.37. The zero-order valence-corrected chi connectivity index (χ0v) is 11.0. The average molecular weight is 307 g/mol. The SMILES string of the molecule is Cc1cc(F)c(Br)cc1Nc1cnc(C#N)cn1. The van der Waals surface area contributed by atoms with Crippen molar-refractivity contribution in [3.63, 3.8) is 0 Å². The fraction of sp³-hybridized carbons (Fsp3) is 0.0833. The van der Waals surface area contributed by atoms with Crippen LogP contribution >= 0.6 is 15.9 Å². The third-order valence-corrected chi connectivity index (χ3v) is 2.90. The molecule has 1 heterocycles. The first-order valence-electron chi connectivity index (χ1n) is 5.05. The maximum Gasteiger partial charge on any atom is 0.158 e. The van der Waals surface area contributed by atoms with Gasteiger partial charge in [-0.15, -0.1) is 0 Å². The Morgan fingerprint density at radius 3 is 2.72 bits per heavy atom. The lowest BCUT2D eigenvalue weighted by Gasteiger charge is -2.09. The van der Waals surface area contributed by atoms with Gasteiger partial charge in [0.1, 0.15) is 17.7 Å². The Morgan fingerprint density at radius 1 is 1.33 bits per heavy atom. The minimum Gasteiger partial charge on any atom is -0.339 e. The summed E-state index contributed by atoms with van der Waals surface area (Å²) in [7, 11) is 0. The quantitative estimate of drug-likeness (QED) is 0.924. The van der Waals surface area contributed by atoms with E-state index in [9.17, 15) is 4.39 Å². The largest absolute Gasteiger partial charge is 0.339 e. The maximum atomic E-state index is 13.3. The first-order valence-corrected chi connectivity index (χ1v) is 5.84. The van der Waals surface area contributed by atoms with Crippen LogP contribution in [0.2, 0.25) is 0 Å². The van der Waals surface area contributed by atoms with Crippen molar-refractivity contribution in [2.75, 3.05) is 5.32 Å². The number of hydrogen-bond acceptors (Lipinski definition) is 4. The Hall–Kier alpha value is -2.00. The summed E-state index contributed by atoms with van der Waals surface area (Å²) in [6, 6.07) is 4.94. The number of anilines is 2. The van der Waals surface area contributed by atoms with Gasteiger partial charge in [0, 0.05) is 5.69 Å². The molecular formula is C12H8BrFN4. The van der Waals surface area contributed by atoms with E-state index < -0.39 is 0 Å². The van der Waals surface area contributed by atoms with Gasteiger partial charge in [-0.3, -0.25) is 0 Å². The van der Waals surface area contributed by atoms with Crippen LogP contribution in [0.15, 0.2) is 29.0 Å². The third kappa shape index (κ3) is 2.63. The Labute approximate surface area is 112 Å². The monoisotopic (exact) mass is 306 g/mol. The number of halogens is 2. The molecule has 0 spiro atoms. The highest BCUT2D eigenvalue weighted by atomic mass is 79.9. The predicted molar refractivity (Wildman–Crippen MR) is 68.9 cm³/mol. The van der Waals surface area contributed by atoms with Crippen LogP contribution in [0.3, 0.4) is 0 Å². The van der Waals surface area contributed by atoms with E-state index in [1.54, 1.807) is 13.0 Å². The Morgan fingerprint density at radius 2 is 2.11 bits per heavy atom. The number of aryl methyl sites for hydroxylation is 1. The van der Waals surface area contributed by atoms with Crippen molar-refractivity contribution in [3.05, 3.63) is 46.1 Å². The zero-order chi connectivity index (χ0) is 13.1. The fourth-order valence-electron chi connectivity index (χ4n) is 1.37. The van der Waals surface area contributed by atoms with Gasteiger partial charge in [-0.25, -0.2) is 14.4 Å². The first kappa shape index (κ1) is 12.5. The minimum absolute atomic E-state index is 0.248. The summed E-state index contributed by atoms with van der Waals surface area (Å²) >= 11 is 3.12. The van der Waals surface area contributed by atoms with Crippen LogP contribution in [-0.4, -0.2) is 9.97 Å². The van der Waals surface area contributed by atoms with Gasteiger partial charge >= 0.3 is 0 Å². The summed E-state index contributed by atoms with van der Waals surface area (Å²) in [5.74, 6) is 0.180. The second-order valence-corrected chi connectivity index (χ2v) is 4.46. The standard InChI is InChI=1S/C12H8BrFN4/c1-7-2-10(14)9(13)3-11(7)18-12-6-16-8(4-15)5-17-12/h2-3,5-6H,1H3,(H,17,18). The van der Waals surface area contributed by atoms with E-state index in [0.717, 1.165) is 11.3 Å². The lowest BCUT2D eigenvalue weighted by Crippen LogP contribution is -1.98. The molecule has 0 fully saturated rings. The van der Waals surface area contributed by atoms with Gasteiger partial charge in [-0.1, -0.05) is 0 Å². The molecule has 0 saturated heterocycles. The number of nitrogens with zero attached hydrogens (tertiary/aromatic N) is 3. The molecule has 0 aliphatic carbocycles. The summed E-state index contributed by atoms with van der Waals surface area (Å²) in [6.07, 6.45) is 2.82. The van der Waals surface area contributed by atoms with Gasteiger partial charge in [0.05, 0.1) is 16.9 Å². The number of rotatable bonds is 2. The smallest absolute Gasteiger partial charge is 0.158 e. The molecule has 0 aliphatic rings. The lowest BCUT2D eigenvalue weighted by atomic mass is 10.2. The van der Waals surface area contributed by atoms with Gasteiger partial charge < -0.3 is 5.32 Å². The van der Waals surface area contributed by atoms with E-state index in [1.165, 1.54) is 18.5 Å². The van der Waals surface area contributed by atoms with Crippen LogP contribution in [0.4, 0.5) is 15.9 Å². The highest BCUT2D eigenvalue weighted by molar-refractivity contribution is 9.10. The number of nitriles is 1. The Bertz CT molecular complexity index is 619. The zero-order valence-electron chi connectivity index (χ0n) is 9.41. The van der Waals surface area contributed by atoms with Crippen LogP contribution in [0.1, 0.15) is 11.3 Å². The molecule has 1 N–H and O–H groups in total. The Balaban J connectivity index is 2.28. The highest BCUT2D eigenvalue weighted by Gasteiger charge is 2.06. The van der Waals surface area contributed by atoms with E-state index in [0.29, 0.717) is 10.3 Å². The molecule has 2 rings (SSSR count). The summed E-state index contributed by atoms with van der Waals surface area (Å²) < 4.78 is 13.6. The van der Waals surface area contributed by atoms with Gasteiger partial charge in [-0.05, 0) is 40.5 Å². The van der Waals surface area contributed by atoms with Crippen molar-refractivity contribution >= 4 is 27.4 Å².